The van der Waals surface area contributed by atoms with Crippen molar-refractivity contribution in [2.75, 3.05) is 0 Å². The summed E-state index contributed by atoms with van der Waals surface area (Å²) in [6.07, 6.45) is 0. The van der Waals surface area contributed by atoms with Crippen molar-refractivity contribution in [2.45, 2.75) is 19.8 Å². The molecule has 68 valence electrons. The van der Waals surface area contributed by atoms with Gasteiger partial charge < -0.3 is 1.43 Å². The molecule has 0 fully saturated rings. The van der Waals surface area contributed by atoms with E-state index in [0.717, 1.165) is 0 Å². The van der Waals surface area contributed by atoms with Crippen LogP contribution in [0.15, 0.2) is 42.5 Å². The molecule has 0 nitrogen and oxygen atoms in total. The van der Waals surface area contributed by atoms with E-state index in [1.54, 1.807) is 0 Å². The first kappa shape index (κ1) is 12.4. The first-order valence-corrected chi connectivity index (χ1v) is 4.76. The fourth-order valence-corrected chi connectivity index (χ4v) is 1.75. The molecule has 0 saturated heterocycles. The van der Waals surface area contributed by atoms with Crippen molar-refractivity contribution in [2.24, 2.45) is 0 Å². The minimum Gasteiger partial charge on any atom is -1.00 e. The first-order chi connectivity index (χ1) is 6.29. The van der Waals surface area contributed by atoms with E-state index in [9.17, 15) is 0 Å². The minimum atomic E-state index is 0. The van der Waals surface area contributed by atoms with Crippen molar-refractivity contribution in [1.82, 2.24) is 0 Å². The molecule has 2 rings (SSSR count). The number of fused-ring (bicyclic) bond motifs is 1. The SMILES string of the molecule is CC(C)c1cccc2ccccc12.[H-].[K+]. The summed E-state index contributed by atoms with van der Waals surface area (Å²) >= 11 is 0. The molecule has 0 aliphatic heterocycles. The number of benzene rings is 2. The largest absolute Gasteiger partial charge is 1.00 e. The zero-order chi connectivity index (χ0) is 9.26. The number of rotatable bonds is 1. The maximum absolute atomic E-state index is 2.24. The fourth-order valence-electron chi connectivity index (χ4n) is 1.75. The predicted octanol–water partition coefficient (Wildman–Crippen LogP) is 1.08. The average molecular weight is 210 g/mol. The molecule has 0 N–H and O–H groups in total. The van der Waals surface area contributed by atoms with E-state index in [1.807, 2.05) is 0 Å². The standard InChI is InChI=1S/C13H14.K.H/c1-10(2)12-9-5-7-11-6-3-4-8-13(11)12;;/h3-10H,1-2H3;;/q;+1;-1. The molecule has 0 aliphatic carbocycles. The van der Waals surface area contributed by atoms with Crippen molar-refractivity contribution < 1.29 is 52.8 Å². The van der Waals surface area contributed by atoms with E-state index in [-0.39, 0.29) is 52.8 Å². The molecule has 0 saturated carbocycles. The van der Waals surface area contributed by atoms with Crippen LogP contribution in [0, 0.1) is 0 Å². The van der Waals surface area contributed by atoms with Crippen LogP contribution in [0.2, 0.25) is 0 Å². The van der Waals surface area contributed by atoms with Gasteiger partial charge in [-0.05, 0) is 22.3 Å². The van der Waals surface area contributed by atoms with E-state index in [4.69, 9.17) is 0 Å². The zero-order valence-electron chi connectivity index (χ0n) is 10.1. The van der Waals surface area contributed by atoms with E-state index in [0.29, 0.717) is 5.92 Å². The molecule has 2 aromatic rings. The zero-order valence-corrected chi connectivity index (χ0v) is 12.2. The summed E-state index contributed by atoms with van der Waals surface area (Å²) in [5.41, 5.74) is 1.44. The number of hydrogen-bond donors (Lipinski definition) is 0. The van der Waals surface area contributed by atoms with Crippen molar-refractivity contribution >= 4 is 10.8 Å². The molecule has 1 heteroatoms. The molecule has 0 atom stereocenters. The van der Waals surface area contributed by atoms with Gasteiger partial charge in [-0.15, -0.1) is 0 Å². The van der Waals surface area contributed by atoms with Crippen LogP contribution in [0.5, 0.6) is 0 Å². The van der Waals surface area contributed by atoms with Crippen LogP contribution < -0.4 is 51.4 Å². The van der Waals surface area contributed by atoms with Gasteiger partial charge in [0.15, 0.2) is 0 Å². The van der Waals surface area contributed by atoms with Gasteiger partial charge in [-0.3, -0.25) is 0 Å². The molecule has 0 aliphatic rings. The van der Waals surface area contributed by atoms with Crippen LogP contribution >= 0.6 is 0 Å². The van der Waals surface area contributed by atoms with Crippen LogP contribution in [-0.4, -0.2) is 0 Å². The second-order valence-electron chi connectivity index (χ2n) is 3.72. The molecular formula is C13H15K. The Bertz CT molecular complexity index is 418. The van der Waals surface area contributed by atoms with Crippen LogP contribution in [-0.2, 0) is 0 Å². The van der Waals surface area contributed by atoms with Crippen molar-refractivity contribution in [3.63, 3.8) is 0 Å². The fraction of sp³-hybridized carbons (Fsp3) is 0.231. The van der Waals surface area contributed by atoms with Gasteiger partial charge in [0.1, 0.15) is 0 Å². The Labute approximate surface area is 130 Å². The van der Waals surface area contributed by atoms with E-state index < -0.39 is 0 Å². The third-order valence-electron chi connectivity index (χ3n) is 2.45. The molecule has 0 unspecified atom stereocenters. The molecule has 0 spiro atoms. The summed E-state index contributed by atoms with van der Waals surface area (Å²) in [5, 5.41) is 2.73. The Morgan fingerprint density at radius 1 is 0.929 bits per heavy atom. The van der Waals surface area contributed by atoms with Crippen LogP contribution in [0.25, 0.3) is 10.8 Å². The van der Waals surface area contributed by atoms with Crippen LogP contribution in [0.3, 0.4) is 0 Å². The summed E-state index contributed by atoms with van der Waals surface area (Å²) in [4.78, 5) is 0. The molecule has 14 heavy (non-hydrogen) atoms. The molecule has 0 bridgehead atoms. The normalized spacial score (nSPS) is 10.2. The van der Waals surface area contributed by atoms with Gasteiger partial charge in [0, 0.05) is 0 Å². The van der Waals surface area contributed by atoms with Crippen LogP contribution in [0.4, 0.5) is 0 Å². The summed E-state index contributed by atoms with van der Waals surface area (Å²) in [7, 11) is 0. The predicted molar refractivity (Wildman–Crippen MR) is 59.1 cm³/mol. The molecule has 0 radical (unpaired) electrons. The Balaban J connectivity index is 0.000000980. The van der Waals surface area contributed by atoms with Gasteiger partial charge in [-0.2, -0.15) is 0 Å². The minimum absolute atomic E-state index is 0. The van der Waals surface area contributed by atoms with Gasteiger partial charge >= 0.3 is 51.4 Å². The molecule has 2 aromatic carbocycles. The van der Waals surface area contributed by atoms with E-state index in [1.165, 1.54) is 16.3 Å². The summed E-state index contributed by atoms with van der Waals surface area (Å²) < 4.78 is 0. The maximum atomic E-state index is 2.24. The second kappa shape index (κ2) is 5.43. The molecule has 0 heterocycles. The maximum Gasteiger partial charge on any atom is 1.00 e. The van der Waals surface area contributed by atoms with Crippen molar-refractivity contribution in [3.05, 3.63) is 48.0 Å². The van der Waals surface area contributed by atoms with Gasteiger partial charge in [0.05, 0.1) is 0 Å². The van der Waals surface area contributed by atoms with Crippen molar-refractivity contribution in [3.8, 4) is 0 Å². The first-order valence-electron chi connectivity index (χ1n) is 4.76. The molecular weight excluding hydrogens is 195 g/mol. The summed E-state index contributed by atoms with van der Waals surface area (Å²) in [5.74, 6) is 0.603. The van der Waals surface area contributed by atoms with Gasteiger partial charge in [-0.1, -0.05) is 56.3 Å². The van der Waals surface area contributed by atoms with E-state index >= 15 is 0 Å². The topological polar surface area (TPSA) is 0 Å². The van der Waals surface area contributed by atoms with Gasteiger partial charge in [0.25, 0.3) is 0 Å². The number of hydrogen-bond acceptors (Lipinski definition) is 0. The Morgan fingerprint density at radius 3 is 2.29 bits per heavy atom. The van der Waals surface area contributed by atoms with Crippen molar-refractivity contribution in [1.29, 1.82) is 0 Å². The second-order valence-corrected chi connectivity index (χ2v) is 3.72. The third-order valence-corrected chi connectivity index (χ3v) is 2.45. The van der Waals surface area contributed by atoms with Gasteiger partial charge in [0.2, 0.25) is 0 Å². The van der Waals surface area contributed by atoms with Gasteiger partial charge in [-0.25, -0.2) is 0 Å². The third kappa shape index (κ3) is 2.47. The quantitative estimate of drug-likeness (QED) is 0.618. The Hall–Kier alpha value is 0.336. The summed E-state index contributed by atoms with van der Waals surface area (Å²) in [6.45, 7) is 4.48. The monoisotopic (exact) mass is 210 g/mol. The average Bonchev–Trinajstić information content (AvgIpc) is 2.17. The molecule has 0 amide bonds. The molecule has 0 aromatic heterocycles. The summed E-state index contributed by atoms with van der Waals surface area (Å²) in [6, 6.07) is 15.1. The van der Waals surface area contributed by atoms with E-state index in [2.05, 4.69) is 56.3 Å². The Morgan fingerprint density at radius 2 is 1.57 bits per heavy atom. The van der Waals surface area contributed by atoms with Crippen LogP contribution in [0.1, 0.15) is 26.8 Å². The Kier molecular flexibility index (Phi) is 4.81. The smallest absolute Gasteiger partial charge is 1.00 e.